The number of alkyl halides is 3. The van der Waals surface area contributed by atoms with Crippen LogP contribution in [-0.2, 0) is 4.74 Å². The minimum Gasteiger partial charge on any atom is -0.340 e. The molecular weight excluding hydrogens is 289 g/mol. The summed E-state index contributed by atoms with van der Waals surface area (Å²) in [4.78, 5) is 4.27. The highest BCUT2D eigenvalue weighted by molar-refractivity contribution is 4.88. The fourth-order valence-electron chi connectivity index (χ4n) is 1.95. The van der Waals surface area contributed by atoms with Crippen LogP contribution >= 0.6 is 0 Å². The highest BCUT2D eigenvalue weighted by atomic mass is 19.4. The topological polar surface area (TPSA) is 90.3 Å². The van der Waals surface area contributed by atoms with Crippen LogP contribution < -0.4 is 0 Å². The summed E-state index contributed by atoms with van der Waals surface area (Å²) < 4.78 is 41.7. The summed E-state index contributed by atoms with van der Waals surface area (Å²) in [5, 5.41) is 26.2. The molecule has 0 saturated carbocycles. The summed E-state index contributed by atoms with van der Waals surface area (Å²) in [6, 6.07) is 5.59. The van der Waals surface area contributed by atoms with Crippen molar-refractivity contribution in [2.45, 2.75) is 12.5 Å². The van der Waals surface area contributed by atoms with Gasteiger partial charge in [0.25, 0.3) is 0 Å². The first-order valence-corrected chi connectivity index (χ1v) is 5.91. The number of hydrogen-bond donors (Lipinski definition) is 0. The largest absolute Gasteiger partial charge is 0.411 e. The molecule has 1 aliphatic rings. The minimum absolute atomic E-state index is 0.0375. The molecular formula is C11H13F3N6O. The smallest absolute Gasteiger partial charge is 0.340 e. The third-order valence-corrected chi connectivity index (χ3v) is 2.63. The van der Waals surface area contributed by atoms with E-state index in [0.29, 0.717) is 0 Å². The molecule has 21 heavy (non-hydrogen) atoms. The summed E-state index contributed by atoms with van der Waals surface area (Å²) in [5.74, 6) is 0. The quantitative estimate of drug-likeness (QED) is 0.672. The van der Waals surface area contributed by atoms with E-state index in [1.165, 1.54) is 9.80 Å². The van der Waals surface area contributed by atoms with Gasteiger partial charge in [0, 0.05) is 0 Å². The molecule has 0 aliphatic carbocycles. The highest BCUT2D eigenvalue weighted by Crippen LogP contribution is 2.20. The fraction of sp³-hybridized carbons (Fsp3) is 0.727. The van der Waals surface area contributed by atoms with Gasteiger partial charge in [-0.25, -0.2) is 9.80 Å². The maximum atomic E-state index is 12.3. The summed E-state index contributed by atoms with van der Waals surface area (Å²) in [6.07, 6.45) is -5.62. The lowest BCUT2D eigenvalue weighted by atomic mass is 10.4. The van der Waals surface area contributed by atoms with Crippen LogP contribution in [0.5, 0.6) is 0 Å². The SMILES string of the molecule is N#CCN1CN(CC#N)C(OCC(F)(F)F)N(CC#N)C1. The van der Waals surface area contributed by atoms with E-state index < -0.39 is 19.1 Å². The molecule has 0 aromatic rings. The summed E-state index contributed by atoms with van der Waals surface area (Å²) >= 11 is 0. The van der Waals surface area contributed by atoms with Gasteiger partial charge in [-0.1, -0.05) is 0 Å². The van der Waals surface area contributed by atoms with Crippen LogP contribution in [0.1, 0.15) is 0 Å². The Labute approximate surface area is 119 Å². The lowest BCUT2D eigenvalue weighted by molar-refractivity contribution is -0.254. The van der Waals surface area contributed by atoms with E-state index >= 15 is 0 Å². The summed E-state index contributed by atoms with van der Waals surface area (Å²) in [7, 11) is 0. The van der Waals surface area contributed by atoms with Gasteiger partial charge in [-0.15, -0.1) is 0 Å². The van der Waals surface area contributed by atoms with E-state index in [9.17, 15) is 13.2 Å². The van der Waals surface area contributed by atoms with E-state index in [1.807, 2.05) is 18.2 Å². The Hall–Kier alpha value is -1.90. The molecule has 0 aromatic heterocycles. The van der Waals surface area contributed by atoms with E-state index in [0.717, 1.165) is 0 Å². The standard InChI is InChI=1S/C11H13F3N6O/c12-11(13,14)7-21-10-19(5-2-16)8-18(4-1-15)9-20(10)6-3-17/h10H,4-9H2. The first-order valence-electron chi connectivity index (χ1n) is 5.91. The van der Waals surface area contributed by atoms with Crippen molar-refractivity contribution in [1.29, 1.82) is 15.8 Å². The zero-order chi connectivity index (χ0) is 15.9. The van der Waals surface area contributed by atoms with E-state index in [4.69, 9.17) is 20.5 Å². The van der Waals surface area contributed by atoms with Crippen LogP contribution in [0.25, 0.3) is 0 Å². The molecule has 0 amide bonds. The van der Waals surface area contributed by atoms with Crippen molar-refractivity contribution in [1.82, 2.24) is 14.7 Å². The molecule has 10 heteroatoms. The molecule has 0 atom stereocenters. The molecule has 7 nitrogen and oxygen atoms in total. The Balaban J connectivity index is 2.84. The molecule has 1 saturated heterocycles. The predicted octanol–water partition coefficient (Wildman–Crippen LogP) is 0.254. The number of nitriles is 3. The van der Waals surface area contributed by atoms with Crippen LogP contribution in [0.2, 0.25) is 0 Å². The molecule has 0 aromatic carbocycles. The van der Waals surface area contributed by atoms with Crippen molar-refractivity contribution in [3.05, 3.63) is 0 Å². The van der Waals surface area contributed by atoms with Crippen molar-refractivity contribution in [3.63, 3.8) is 0 Å². The van der Waals surface area contributed by atoms with Crippen molar-refractivity contribution < 1.29 is 17.9 Å². The zero-order valence-corrected chi connectivity index (χ0v) is 11.0. The van der Waals surface area contributed by atoms with Crippen LogP contribution in [0.4, 0.5) is 13.2 Å². The van der Waals surface area contributed by atoms with Gasteiger partial charge in [0.05, 0.1) is 51.2 Å². The third kappa shape index (κ3) is 5.54. The predicted molar refractivity (Wildman–Crippen MR) is 62.5 cm³/mol. The monoisotopic (exact) mass is 302 g/mol. The minimum atomic E-state index is -4.50. The fourth-order valence-corrected chi connectivity index (χ4v) is 1.95. The second kappa shape index (κ2) is 7.77. The second-order valence-electron chi connectivity index (χ2n) is 4.33. The average molecular weight is 302 g/mol. The number of ether oxygens (including phenoxy) is 1. The van der Waals surface area contributed by atoms with Gasteiger partial charge < -0.3 is 4.74 Å². The van der Waals surface area contributed by atoms with Gasteiger partial charge >= 0.3 is 6.18 Å². The van der Waals surface area contributed by atoms with Crippen LogP contribution in [0.3, 0.4) is 0 Å². The first-order chi connectivity index (χ1) is 9.91. The van der Waals surface area contributed by atoms with E-state index in [1.54, 1.807) is 4.90 Å². The van der Waals surface area contributed by atoms with Gasteiger partial charge in [-0.2, -0.15) is 29.0 Å². The second-order valence-corrected chi connectivity index (χ2v) is 4.33. The molecule has 0 bridgehead atoms. The maximum absolute atomic E-state index is 12.3. The Morgan fingerprint density at radius 1 is 0.952 bits per heavy atom. The van der Waals surface area contributed by atoms with Gasteiger partial charge in [0.2, 0.25) is 0 Å². The molecule has 1 rings (SSSR count). The van der Waals surface area contributed by atoms with Crippen LogP contribution in [0.15, 0.2) is 0 Å². The van der Waals surface area contributed by atoms with Gasteiger partial charge in [0.15, 0.2) is 6.35 Å². The van der Waals surface area contributed by atoms with E-state index in [2.05, 4.69) is 0 Å². The molecule has 0 spiro atoms. The third-order valence-electron chi connectivity index (χ3n) is 2.63. The van der Waals surface area contributed by atoms with Crippen LogP contribution in [0, 0.1) is 34.0 Å². The molecule has 0 radical (unpaired) electrons. The lowest BCUT2D eigenvalue weighted by Gasteiger charge is -2.45. The number of hydrogen-bond acceptors (Lipinski definition) is 7. The molecule has 114 valence electrons. The number of nitrogens with zero attached hydrogens (tertiary/aromatic N) is 6. The molecule has 0 N–H and O–H groups in total. The van der Waals surface area contributed by atoms with Crippen LogP contribution in [-0.4, -0.2) is 66.8 Å². The van der Waals surface area contributed by atoms with Crippen molar-refractivity contribution in [2.75, 3.05) is 39.6 Å². The normalized spacial score (nSPS) is 18.9. The van der Waals surface area contributed by atoms with Gasteiger partial charge in [-0.05, 0) is 0 Å². The molecule has 0 unspecified atom stereocenters. The Bertz CT molecular complexity index is 437. The Kier molecular flexibility index (Phi) is 6.35. The summed E-state index contributed by atoms with van der Waals surface area (Å²) in [5.41, 5.74) is 0. The first kappa shape index (κ1) is 17.2. The maximum Gasteiger partial charge on any atom is 0.411 e. The summed E-state index contributed by atoms with van der Waals surface area (Å²) in [6.45, 7) is -1.55. The van der Waals surface area contributed by atoms with Crippen molar-refractivity contribution in [3.8, 4) is 18.2 Å². The highest BCUT2D eigenvalue weighted by Gasteiger charge is 2.37. The Morgan fingerprint density at radius 2 is 1.43 bits per heavy atom. The molecule has 1 aliphatic heterocycles. The van der Waals surface area contributed by atoms with Crippen molar-refractivity contribution in [2.24, 2.45) is 0 Å². The van der Waals surface area contributed by atoms with E-state index in [-0.39, 0.29) is 33.0 Å². The average Bonchev–Trinajstić information content (AvgIpc) is 2.37. The lowest BCUT2D eigenvalue weighted by Crippen LogP contribution is -2.62. The zero-order valence-electron chi connectivity index (χ0n) is 11.0. The Morgan fingerprint density at radius 3 is 1.81 bits per heavy atom. The van der Waals surface area contributed by atoms with Gasteiger partial charge in [0.1, 0.15) is 6.61 Å². The molecule has 1 fully saturated rings. The van der Waals surface area contributed by atoms with Crippen molar-refractivity contribution >= 4 is 0 Å². The molecule has 1 heterocycles. The van der Waals surface area contributed by atoms with Gasteiger partial charge in [-0.3, -0.25) is 4.90 Å². The number of rotatable bonds is 5. The number of halogens is 3.